The molecule has 0 atom stereocenters. The first-order valence-corrected chi connectivity index (χ1v) is 10.4. The highest BCUT2D eigenvalue weighted by Crippen LogP contribution is 2.25. The zero-order valence-corrected chi connectivity index (χ0v) is 17.8. The van der Waals surface area contributed by atoms with Crippen LogP contribution in [0.3, 0.4) is 0 Å². The van der Waals surface area contributed by atoms with E-state index >= 15 is 0 Å². The summed E-state index contributed by atoms with van der Waals surface area (Å²) in [6.45, 7) is 9.55. The molecule has 1 N–H and O–H groups in total. The molecule has 0 unspecified atom stereocenters. The molecule has 1 aliphatic heterocycles. The molecule has 1 amide bonds. The molecule has 1 aliphatic rings. The molecular formula is C23H30ClN3O. The van der Waals surface area contributed by atoms with Crippen LogP contribution >= 0.6 is 11.6 Å². The van der Waals surface area contributed by atoms with Crippen LogP contribution in [0.15, 0.2) is 42.5 Å². The maximum atomic E-state index is 12.7. The Morgan fingerprint density at radius 3 is 2.57 bits per heavy atom. The summed E-state index contributed by atoms with van der Waals surface area (Å²) in [6, 6.07) is 14.4. The highest BCUT2D eigenvalue weighted by atomic mass is 35.5. The van der Waals surface area contributed by atoms with Crippen molar-refractivity contribution >= 4 is 28.9 Å². The first kappa shape index (κ1) is 20.7. The maximum absolute atomic E-state index is 12.7. The number of halogens is 1. The second kappa shape index (κ2) is 9.44. The molecular weight excluding hydrogens is 370 g/mol. The third-order valence-electron chi connectivity index (χ3n) is 5.31. The molecule has 4 nitrogen and oxygen atoms in total. The Kier molecular flexibility index (Phi) is 6.97. The van der Waals surface area contributed by atoms with Crippen molar-refractivity contribution in [1.82, 2.24) is 4.90 Å². The lowest BCUT2D eigenvalue weighted by Crippen LogP contribution is -2.37. The van der Waals surface area contributed by atoms with Gasteiger partial charge in [0.1, 0.15) is 0 Å². The Bertz CT molecular complexity index is 815. The molecule has 0 radical (unpaired) electrons. The molecule has 5 heteroatoms. The van der Waals surface area contributed by atoms with Crippen molar-refractivity contribution in [3.63, 3.8) is 0 Å². The van der Waals surface area contributed by atoms with Crippen molar-refractivity contribution in [2.75, 3.05) is 29.9 Å². The van der Waals surface area contributed by atoms with Crippen LogP contribution in [0.1, 0.15) is 37.8 Å². The zero-order valence-electron chi connectivity index (χ0n) is 17.0. The van der Waals surface area contributed by atoms with E-state index in [2.05, 4.69) is 48.0 Å². The van der Waals surface area contributed by atoms with Gasteiger partial charge in [-0.05, 0) is 75.1 Å². The summed E-state index contributed by atoms with van der Waals surface area (Å²) in [5.41, 5.74) is 4.35. The number of aryl methyl sites for hydroxylation is 1. The van der Waals surface area contributed by atoms with Crippen LogP contribution in [0.2, 0.25) is 5.02 Å². The van der Waals surface area contributed by atoms with Gasteiger partial charge in [0.2, 0.25) is 5.91 Å². The molecule has 1 saturated heterocycles. The van der Waals surface area contributed by atoms with E-state index in [-0.39, 0.29) is 11.9 Å². The fraction of sp³-hybridized carbons (Fsp3) is 0.435. The fourth-order valence-electron chi connectivity index (χ4n) is 3.63. The largest absolute Gasteiger partial charge is 0.372 e. The van der Waals surface area contributed by atoms with Crippen LogP contribution in [0, 0.1) is 6.92 Å². The van der Waals surface area contributed by atoms with Gasteiger partial charge in [0.15, 0.2) is 0 Å². The van der Waals surface area contributed by atoms with E-state index in [0.717, 1.165) is 34.9 Å². The lowest BCUT2D eigenvalue weighted by atomic mass is 10.1. The van der Waals surface area contributed by atoms with Gasteiger partial charge >= 0.3 is 0 Å². The fourth-order valence-corrected chi connectivity index (χ4v) is 3.84. The van der Waals surface area contributed by atoms with E-state index in [1.165, 1.54) is 18.5 Å². The Hall–Kier alpha value is -2.04. The predicted octanol–water partition coefficient (Wildman–Crippen LogP) is 5.10. The average Bonchev–Trinajstić information content (AvgIpc) is 3.17. The van der Waals surface area contributed by atoms with E-state index in [0.29, 0.717) is 13.1 Å². The number of carbonyl (C=O) groups is 1. The minimum atomic E-state index is 0.00718. The van der Waals surface area contributed by atoms with Gasteiger partial charge in [-0.15, -0.1) is 0 Å². The molecule has 0 spiro atoms. The normalized spacial score (nSPS) is 14.1. The van der Waals surface area contributed by atoms with Crippen molar-refractivity contribution in [1.29, 1.82) is 0 Å². The first-order valence-electron chi connectivity index (χ1n) is 10.1. The number of anilines is 2. The van der Waals surface area contributed by atoms with Crippen molar-refractivity contribution in [2.45, 2.75) is 46.2 Å². The van der Waals surface area contributed by atoms with Crippen molar-refractivity contribution < 1.29 is 4.79 Å². The summed E-state index contributed by atoms with van der Waals surface area (Å²) in [5, 5.41) is 3.81. The predicted molar refractivity (Wildman–Crippen MR) is 118 cm³/mol. The van der Waals surface area contributed by atoms with E-state index in [9.17, 15) is 4.79 Å². The van der Waals surface area contributed by atoms with Crippen molar-refractivity contribution in [3.05, 3.63) is 58.6 Å². The second-order valence-electron chi connectivity index (χ2n) is 7.87. The Labute approximate surface area is 173 Å². The topological polar surface area (TPSA) is 35.6 Å². The lowest BCUT2D eigenvalue weighted by molar-refractivity contribution is -0.117. The number of benzene rings is 2. The molecule has 2 aromatic rings. The summed E-state index contributed by atoms with van der Waals surface area (Å²) < 4.78 is 0. The summed E-state index contributed by atoms with van der Waals surface area (Å²) in [5.74, 6) is 0.00718. The van der Waals surface area contributed by atoms with E-state index in [1.807, 2.05) is 30.3 Å². The van der Waals surface area contributed by atoms with Crippen LogP contribution in [0.5, 0.6) is 0 Å². The third-order valence-corrected chi connectivity index (χ3v) is 5.54. The second-order valence-corrected chi connectivity index (χ2v) is 8.31. The van der Waals surface area contributed by atoms with Gasteiger partial charge < -0.3 is 10.2 Å². The highest BCUT2D eigenvalue weighted by molar-refractivity contribution is 6.30. The summed E-state index contributed by atoms with van der Waals surface area (Å²) in [6.07, 6.45) is 2.52. The summed E-state index contributed by atoms with van der Waals surface area (Å²) >= 11 is 6.10. The van der Waals surface area contributed by atoms with E-state index in [1.54, 1.807) is 0 Å². The smallest absolute Gasteiger partial charge is 0.238 e. The first-order chi connectivity index (χ1) is 13.4. The quantitative estimate of drug-likeness (QED) is 0.703. The standard InChI is InChI=1S/C23H30ClN3O/c1-17(2)27(15-19-7-6-8-20(24)14-19)16-23(28)25-22-10-9-21(13-18(22)3)26-11-4-5-12-26/h6-10,13-14,17H,4-5,11-12,15-16H2,1-3H3,(H,25,28). The molecule has 0 aliphatic carbocycles. The van der Waals surface area contributed by atoms with Crippen LogP contribution in [0.25, 0.3) is 0 Å². The SMILES string of the molecule is Cc1cc(N2CCCC2)ccc1NC(=O)CN(Cc1cccc(Cl)c1)C(C)C. The molecule has 0 bridgehead atoms. The lowest BCUT2D eigenvalue weighted by Gasteiger charge is -2.26. The van der Waals surface area contributed by atoms with Gasteiger partial charge in [-0.25, -0.2) is 0 Å². The van der Waals surface area contributed by atoms with Gasteiger partial charge in [0, 0.05) is 42.1 Å². The van der Waals surface area contributed by atoms with Gasteiger partial charge in [-0.3, -0.25) is 9.69 Å². The minimum Gasteiger partial charge on any atom is -0.372 e. The molecule has 2 aromatic carbocycles. The van der Waals surface area contributed by atoms with E-state index < -0.39 is 0 Å². The number of nitrogens with one attached hydrogen (secondary N) is 1. The van der Waals surface area contributed by atoms with Crippen LogP contribution < -0.4 is 10.2 Å². The number of amides is 1. The number of hydrogen-bond donors (Lipinski definition) is 1. The Morgan fingerprint density at radius 2 is 1.93 bits per heavy atom. The molecule has 0 aromatic heterocycles. The number of nitrogens with zero attached hydrogens (tertiary/aromatic N) is 2. The van der Waals surface area contributed by atoms with Gasteiger partial charge in [-0.2, -0.15) is 0 Å². The molecule has 3 rings (SSSR count). The zero-order chi connectivity index (χ0) is 20.1. The van der Waals surface area contributed by atoms with Crippen molar-refractivity contribution in [2.24, 2.45) is 0 Å². The van der Waals surface area contributed by atoms with Gasteiger partial charge in [-0.1, -0.05) is 23.7 Å². The van der Waals surface area contributed by atoms with E-state index in [4.69, 9.17) is 11.6 Å². The molecule has 28 heavy (non-hydrogen) atoms. The molecule has 1 fully saturated rings. The van der Waals surface area contributed by atoms with Gasteiger partial charge in [0.25, 0.3) is 0 Å². The molecule has 150 valence electrons. The van der Waals surface area contributed by atoms with Crippen LogP contribution in [-0.4, -0.2) is 36.5 Å². The Balaban J connectivity index is 1.62. The number of rotatable bonds is 7. The van der Waals surface area contributed by atoms with Crippen molar-refractivity contribution in [3.8, 4) is 0 Å². The highest BCUT2D eigenvalue weighted by Gasteiger charge is 2.17. The maximum Gasteiger partial charge on any atom is 0.238 e. The summed E-state index contributed by atoms with van der Waals surface area (Å²) in [7, 11) is 0. The number of hydrogen-bond acceptors (Lipinski definition) is 3. The van der Waals surface area contributed by atoms with Crippen LogP contribution in [-0.2, 0) is 11.3 Å². The Morgan fingerprint density at radius 1 is 1.18 bits per heavy atom. The van der Waals surface area contributed by atoms with Gasteiger partial charge in [0.05, 0.1) is 6.54 Å². The summed E-state index contributed by atoms with van der Waals surface area (Å²) in [4.78, 5) is 17.2. The molecule has 1 heterocycles. The number of carbonyl (C=O) groups excluding carboxylic acids is 1. The molecule has 0 saturated carbocycles. The minimum absolute atomic E-state index is 0.00718. The monoisotopic (exact) mass is 399 g/mol. The third kappa shape index (κ3) is 5.49. The van der Waals surface area contributed by atoms with Crippen LogP contribution in [0.4, 0.5) is 11.4 Å². The average molecular weight is 400 g/mol.